The largest absolute Gasteiger partial charge is 0.496 e. The minimum atomic E-state index is -0.526. The molecule has 0 bridgehead atoms. The van der Waals surface area contributed by atoms with Gasteiger partial charge in [0, 0.05) is 34.0 Å². The van der Waals surface area contributed by atoms with Gasteiger partial charge in [-0.15, -0.1) is 11.8 Å². The lowest BCUT2D eigenvalue weighted by atomic mass is 10.1. The van der Waals surface area contributed by atoms with E-state index in [0.717, 1.165) is 22.6 Å². The van der Waals surface area contributed by atoms with E-state index in [1.165, 1.54) is 23.4 Å². The number of thioether (sulfide) groups is 1. The third kappa shape index (κ3) is 7.31. The van der Waals surface area contributed by atoms with Crippen LogP contribution in [-0.2, 0) is 16.0 Å². The number of carbonyl (C=O) groups is 3. The lowest BCUT2D eigenvalue weighted by Gasteiger charge is -2.22. The summed E-state index contributed by atoms with van der Waals surface area (Å²) in [6, 6.07) is 35.0. The van der Waals surface area contributed by atoms with Gasteiger partial charge < -0.3 is 24.7 Å². The zero-order chi connectivity index (χ0) is 32.8. The summed E-state index contributed by atoms with van der Waals surface area (Å²) >= 11 is 1.44. The van der Waals surface area contributed by atoms with Crippen LogP contribution in [0.2, 0.25) is 0 Å². The van der Waals surface area contributed by atoms with Crippen molar-refractivity contribution in [1.82, 2.24) is 5.32 Å². The molecule has 236 valence electrons. The molecule has 6 rings (SSSR count). The van der Waals surface area contributed by atoms with E-state index in [1.54, 1.807) is 55.6 Å². The average molecular weight is 644 g/mol. The number of nitrogens with one attached hydrogen (secondary N) is 2. The first-order chi connectivity index (χ1) is 22.9. The number of rotatable bonds is 10. The standard InChI is InChI=1S/C38H33N3O5S/c1-25-22-27-12-6-8-14-33(27)41(25)36(42)24-47-30-19-16-28(17-20-30)39-38(44)32(40-37(43)26-10-4-3-5-11-26)23-29-18-21-35(46-29)31-13-7-9-15-34(31)45-2/h3-21,23,25H,22,24H2,1-2H3,(H,39,44)(H,40,43). The fourth-order valence-corrected chi connectivity index (χ4v) is 6.26. The second kappa shape index (κ2) is 14.3. The van der Waals surface area contributed by atoms with Crippen LogP contribution in [-0.4, -0.2) is 36.6 Å². The van der Waals surface area contributed by atoms with Crippen LogP contribution < -0.4 is 20.3 Å². The fourth-order valence-electron chi connectivity index (χ4n) is 5.50. The fraction of sp³-hybridized carbons (Fsp3) is 0.132. The van der Waals surface area contributed by atoms with Crippen molar-refractivity contribution in [3.8, 4) is 17.1 Å². The first-order valence-corrected chi connectivity index (χ1v) is 16.1. The zero-order valence-corrected chi connectivity index (χ0v) is 26.8. The van der Waals surface area contributed by atoms with Gasteiger partial charge in [0.25, 0.3) is 11.8 Å². The third-order valence-electron chi connectivity index (χ3n) is 7.77. The Morgan fingerprint density at radius 2 is 1.62 bits per heavy atom. The van der Waals surface area contributed by atoms with Gasteiger partial charge >= 0.3 is 0 Å². The molecule has 4 aromatic carbocycles. The summed E-state index contributed by atoms with van der Waals surface area (Å²) < 4.78 is 11.5. The minimum absolute atomic E-state index is 0.00356. The third-order valence-corrected chi connectivity index (χ3v) is 8.76. The monoisotopic (exact) mass is 643 g/mol. The molecular weight excluding hydrogens is 611 g/mol. The number of benzene rings is 4. The number of nitrogens with zero attached hydrogens (tertiary/aromatic N) is 1. The highest BCUT2D eigenvalue weighted by atomic mass is 32.2. The van der Waals surface area contributed by atoms with E-state index in [9.17, 15) is 14.4 Å². The highest BCUT2D eigenvalue weighted by Crippen LogP contribution is 2.34. The van der Waals surface area contributed by atoms with E-state index in [4.69, 9.17) is 9.15 Å². The van der Waals surface area contributed by atoms with Crippen molar-refractivity contribution in [2.24, 2.45) is 0 Å². The van der Waals surface area contributed by atoms with Gasteiger partial charge in [-0.1, -0.05) is 48.5 Å². The predicted octanol–water partition coefficient (Wildman–Crippen LogP) is 7.43. The zero-order valence-electron chi connectivity index (χ0n) is 25.9. The molecule has 0 fully saturated rings. The number of hydrogen-bond donors (Lipinski definition) is 2. The maximum absolute atomic E-state index is 13.5. The first-order valence-electron chi connectivity index (χ1n) is 15.1. The highest BCUT2D eigenvalue weighted by Gasteiger charge is 2.30. The van der Waals surface area contributed by atoms with E-state index < -0.39 is 11.8 Å². The van der Waals surface area contributed by atoms with Gasteiger partial charge in [-0.25, -0.2) is 0 Å². The Hall–Kier alpha value is -5.54. The SMILES string of the molecule is COc1ccccc1-c1ccc(C=C(NC(=O)c2ccccc2)C(=O)Nc2ccc(SCC(=O)N3c4ccccc4CC3C)cc2)o1. The van der Waals surface area contributed by atoms with Gasteiger partial charge in [-0.3, -0.25) is 14.4 Å². The van der Waals surface area contributed by atoms with E-state index in [-0.39, 0.29) is 17.6 Å². The van der Waals surface area contributed by atoms with E-state index in [2.05, 4.69) is 23.6 Å². The second-order valence-electron chi connectivity index (χ2n) is 11.0. The molecule has 1 atom stereocenters. The van der Waals surface area contributed by atoms with Gasteiger partial charge in [0.05, 0.1) is 18.4 Å². The number of para-hydroxylation sites is 2. The molecule has 1 aliphatic rings. The summed E-state index contributed by atoms with van der Waals surface area (Å²) in [4.78, 5) is 42.5. The normalized spacial score (nSPS) is 14.0. The van der Waals surface area contributed by atoms with Crippen molar-refractivity contribution < 1.29 is 23.5 Å². The van der Waals surface area contributed by atoms with E-state index in [1.807, 2.05) is 65.6 Å². The van der Waals surface area contributed by atoms with E-state index >= 15 is 0 Å². The molecule has 47 heavy (non-hydrogen) atoms. The van der Waals surface area contributed by atoms with Crippen LogP contribution in [0.3, 0.4) is 0 Å². The van der Waals surface area contributed by atoms with Gasteiger partial charge in [0.15, 0.2) is 0 Å². The van der Waals surface area contributed by atoms with Gasteiger partial charge in [0.2, 0.25) is 5.91 Å². The van der Waals surface area contributed by atoms with Crippen LogP contribution in [0.5, 0.6) is 5.75 Å². The first kappa shape index (κ1) is 31.4. The molecule has 0 spiro atoms. The molecule has 2 heterocycles. The number of furan rings is 1. The topological polar surface area (TPSA) is 101 Å². The number of hydrogen-bond acceptors (Lipinski definition) is 6. The van der Waals surface area contributed by atoms with Crippen LogP contribution in [0.4, 0.5) is 11.4 Å². The van der Waals surface area contributed by atoms with E-state index in [0.29, 0.717) is 34.3 Å². The Labute approximate surface area is 277 Å². The molecule has 1 aliphatic heterocycles. The molecular formula is C38H33N3O5S. The van der Waals surface area contributed by atoms with Crippen LogP contribution in [0, 0.1) is 0 Å². The summed E-state index contributed by atoms with van der Waals surface area (Å²) in [5.41, 5.74) is 3.87. The Bertz CT molecular complexity index is 1930. The van der Waals surface area contributed by atoms with Crippen LogP contribution >= 0.6 is 11.8 Å². The van der Waals surface area contributed by atoms with Crippen molar-refractivity contribution in [2.75, 3.05) is 23.1 Å². The summed E-state index contributed by atoms with van der Waals surface area (Å²) in [7, 11) is 1.59. The molecule has 3 amide bonds. The minimum Gasteiger partial charge on any atom is -0.496 e. The molecule has 2 N–H and O–H groups in total. The van der Waals surface area contributed by atoms with Crippen molar-refractivity contribution >= 4 is 46.9 Å². The molecule has 1 unspecified atom stereocenters. The summed E-state index contributed by atoms with van der Waals surface area (Å²) in [6.45, 7) is 2.07. The number of amides is 3. The molecule has 8 nitrogen and oxygen atoms in total. The lowest BCUT2D eigenvalue weighted by molar-refractivity contribution is -0.116. The second-order valence-corrected chi connectivity index (χ2v) is 12.0. The number of anilines is 2. The number of carbonyl (C=O) groups excluding carboxylic acids is 3. The molecule has 0 aliphatic carbocycles. The highest BCUT2D eigenvalue weighted by molar-refractivity contribution is 8.00. The Balaban J connectivity index is 1.15. The summed E-state index contributed by atoms with van der Waals surface area (Å²) in [6.07, 6.45) is 2.34. The lowest BCUT2D eigenvalue weighted by Crippen LogP contribution is -2.36. The van der Waals surface area contributed by atoms with Crippen LogP contribution in [0.15, 0.2) is 130 Å². The van der Waals surface area contributed by atoms with Gasteiger partial charge in [-0.05, 0) is 85.6 Å². The Morgan fingerprint density at radius 3 is 2.40 bits per heavy atom. The van der Waals surface area contributed by atoms with Crippen molar-refractivity contribution in [2.45, 2.75) is 24.3 Å². The number of fused-ring (bicyclic) bond motifs is 1. The van der Waals surface area contributed by atoms with Gasteiger partial charge in [0.1, 0.15) is 23.0 Å². The average Bonchev–Trinajstić information content (AvgIpc) is 3.71. The maximum Gasteiger partial charge on any atom is 0.272 e. The molecule has 0 radical (unpaired) electrons. The predicted molar refractivity (Wildman–Crippen MR) is 185 cm³/mol. The Kier molecular flexibility index (Phi) is 9.54. The van der Waals surface area contributed by atoms with Crippen molar-refractivity contribution in [1.29, 1.82) is 0 Å². The Morgan fingerprint density at radius 1 is 0.894 bits per heavy atom. The van der Waals surface area contributed by atoms with Crippen LogP contribution in [0.1, 0.15) is 28.6 Å². The quantitative estimate of drug-likeness (QED) is 0.121. The number of ether oxygens (including phenoxy) is 1. The maximum atomic E-state index is 13.5. The van der Waals surface area contributed by atoms with Crippen LogP contribution in [0.25, 0.3) is 17.4 Å². The summed E-state index contributed by atoms with van der Waals surface area (Å²) in [5, 5.41) is 5.60. The van der Waals surface area contributed by atoms with Gasteiger partial charge in [-0.2, -0.15) is 0 Å². The summed E-state index contributed by atoms with van der Waals surface area (Å²) in [5.74, 6) is 0.961. The molecule has 9 heteroatoms. The molecule has 0 saturated heterocycles. The molecule has 1 aromatic heterocycles. The smallest absolute Gasteiger partial charge is 0.272 e. The molecule has 5 aromatic rings. The van der Waals surface area contributed by atoms with Crippen molar-refractivity contribution in [3.05, 3.63) is 138 Å². The van der Waals surface area contributed by atoms with Crippen molar-refractivity contribution in [3.63, 3.8) is 0 Å². The molecule has 0 saturated carbocycles. The number of methoxy groups -OCH3 is 1.